The van der Waals surface area contributed by atoms with Crippen LogP contribution in [0.5, 0.6) is 0 Å². The van der Waals surface area contributed by atoms with Crippen LogP contribution in [0.15, 0.2) is 376 Å². The molecule has 0 atom stereocenters. The summed E-state index contributed by atoms with van der Waals surface area (Å²) in [4.78, 5) is 4.98. The molecule has 0 aliphatic heterocycles. The van der Waals surface area contributed by atoms with E-state index in [2.05, 4.69) is 400 Å². The minimum Gasteiger partial charge on any atom is -0.310 e. The maximum absolute atomic E-state index is 2.50. The van der Waals surface area contributed by atoms with Gasteiger partial charge in [0.15, 0.2) is 0 Å². The molecule has 482 valence electrons. The zero-order chi connectivity index (χ0) is 68.1. The Balaban J connectivity index is 0.650. The van der Waals surface area contributed by atoms with Gasteiger partial charge in [-0.15, -0.1) is 0 Å². The SMILES string of the molecule is CC1(C)c2ccccc2-c2cc(N(c3cccc(-c4cccc(-c5cccc(-c6ccc(N(c7ccc(-c8ccccc8)cc7)c7cccc8c7-c7ccccc7C87c8ccccc8-c8ccccc87)cc6)c5)c4)c3)c3ccc4c(c3)-c3ccccc3C43c4ccccc4-c4ccccc43)ccc21. The first-order chi connectivity index (χ1) is 50.8. The molecule has 0 saturated heterocycles. The quantitative estimate of drug-likeness (QED) is 0.135. The molecule has 2 nitrogen and oxygen atoms in total. The minimum atomic E-state index is -0.465. The average Bonchev–Trinajstić information content (AvgIpc) is 1.53. The molecule has 0 radical (unpaired) electrons. The molecule has 21 rings (SSSR count). The number of hydrogen-bond acceptors (Lipinski definition) is 2. The van der Waals surface area contributed by atoms with Crippen molar-refractivity contribution >= 4 is 34.1 Å². The van der Waals surface area contributed by atoms with Crippen LogP contribution in [0.1, 0.15) is 69.5 Å². The van der Waals surface area contributed by atoms with Crippen molar-refractivity contribution in [2.24, 2.45) is 0 Å². The van der Waals surface area contributed by atoms with Crippen molar-refractivity contribution in [3.63, 3.8) is 0 Å². The number of benzene rings is 16. The molecular weight excluding hydrogens is 1240 g/mol. The van der Waals surface area contributed by atoms with E-state index in [-0.39, 0.29) is 5.41 Å². The molecule has 103 heavy (non-hydrogen) atoms. The third-order valence-electron chi connectivity index (χ3n) is 23.5. The van der Waals surface area contributed by atoms with E-state index >= 15 is 0 Å². The maximum atomic E-state index is 2.50. The lowest BCUT2D eigenvalue weighted by molar-refractivity contribution is 0.660. The van der Waals surface area contributed by atoms with Gasteiger partial charge in [-0.2, -0.15) is 0 Å². The highest BCUT2D eigenvalue weighted by Crippen LogP contribution is 2.66. The van der Waals surface area contributed by atoms with Crippen LogP contribution in [0.2, 0.25) is 0 Å². The van der Waals surface area contributed by atoms with Gasteiger partial charge in [-0.25, -0.2) is 0 Å². The van der Waals surface area contributed by atoms with Gasteiger partial charge in [0.25, 0.3) is 0 Å². The molecule has 2 spiro atoms. The van der Waals surface area contributed by atoms with E-state index in [0.29, 0.717) is 0 Å². The van der Waals surface area contributed by atoms with Crippen LogP contribution in [-0.4, -0.2) is 0 Å². The van der Waals surface area contributed by atoms with E-state index in [0.717, 1.165) is 67.5 Å². The van der Waals surface area contributed by atoms with Crippen LogP contribution in [-0.2, 0) is 16.2 Å². The molecule has 0 bridgehead atoms. The summed E-state index contributed by atoms with van der Waals surface area (Å²) in [5.41, 5.74) is 41.2. The van der Waals surface area contributed by atoms with E-state index in [1.165, 1.54) is 122 Å². The fraction of sp³-hybridized carbons (Fsp3) is 0.0495. The first kappa shape index (κ1) is 59.0. The van der Waals surface area contributed by atoms with Crippen molar-refractivity contribution in [1.29, 1.82) is 0 Å². The molecule has 2 heteroatoms. The number of fused-ring (bicyclic) bond motifs is 23. The number of rotatable bonds is 10. The van der Waals surface area contributed by atoms with Gasteiger partial charge < -0.3 is 9.80 Å². The van der Waals surface area contributed by atoms with E-state index < -0.39 is 10.8 Å². The molecule has 5 aliphatic carbocycles. The molecule has 0 aromatic heterocycles. The van der Waals surface area contributed by atoms with E-state index in [9.17, 15) is 0 Å². The molecule has 0 saturated carbocycles. The molecular formula is C101H68N2. The minimum absolute atomic E-state index is 0.121. The first-order valence-corrected chi connectivity index (χ1v) is 36.1. The Morgan fingerprint density at radius 1 is 0.175 bits per heavy atom. The van der Waals surface area contributed by atoms with Crippen LogP contribution < -0.4 is 9.80 Å². The summed E-state index contributed by atoms with van der Waals surface area (Å²) >= 11 is 0. The predicted octanol–water partition coefficient (Wildman–Crippen LogP) is 26.3. The van der Waals surface area contributed by atoms with Gasteiger partial charge in [-0.05, 0) is 229 Å². The summed E-state index contributed by atoms with van der Waals surface area (Å²) in [7, 11) is 0. The molecule has 0 fully saturated rings. The van der Waals surface area contributed by atoms with Crippen molar-refractivity contribution in [3.05, 3.63) is 432 Å². The summed E-state index contributed by atoms with van der Waals surface area (Å²) in [6.07, 6.45) is 0. The Morgan fingerprint density at radius 2 is 0.466 bits per heavy atom. The third kappa shape index (κ3) is 8.50. The van der Waals surface area contributed by atoms with Gasteiger partial charge in [0.05, 0.1) is 16.5 Å². The fourth-order valence-corrected chi connectivity index (χ4v) is 19.1. The van der Waals surface area contributed by atoms with Gasteiger partial charge in [0, 0.05) is 39.4 Å². The Hall–Kier alpha value is -12.9. The van der Waals surface area contributed by atoms with Crippen LogP contribution >= 0.6 is 0 Å². The fourth-order valence-electron chi connectivity index (χ4n) is 19.1. The molecule has 16 aromatic rings. The molecule has 0 N–H and O–H groups in total. The van der Waals surface area contributed by atoms with Crippen molar-refractivity contribution in [1.82, 2.24) is 0 Å². The highest BCUT2D eigenvalue weighted by atomic mass is 15.2. The maximum Gasteiger partial charge on any atom is 0.0726 e. The highest BCUT2D eigenvalue weighted by Gasteiger charge is 2.54. The summed E-state index contributed by atoms with van der Waals surface area (Å²) in [5.74, 6) is 0. The average molecular weight is 1310 g/mol. The first-order valence-electron chi connectivity index (χ1n) is 36.1. The second-order valence-electron chi connectivity index (χ2n) is 28.9. The number of anilines is 6. The van der Waals surface area contributed by atoms with Crippen molar-refractivity contribution < 1.29 is 0 Å². The van der Waals surface area contributed by atoms with Gasteiger partial charge in [0.2, 0.25) is 0 Å². The van der Waals surface area contributed by atoms with Crippen LogP contribution in [0.4, 0.5) is 34.1 Å². The van der Waals surface area contributed by atoms with Crippen LogP contribution in [0.25, 0.3) is 100 Å². The topological polar surface area (TPSA) is 6.48 Å². The van der Waals surface area contributed by atoms with Gasteiger partial charge in [-0.1, -0.05) is 311 Å². The second-order valence-corrected chi connectivity index (χ2v) is 28.9. The molecule has 16 aromatic carbocycles. The van der Waals surface area contributed by atoms with E-state index in [1.807, 2.05) is 0 Å². The highest BCUT2D eigenvalue weighted by molar-refractivity contribution is 6.02. The summed E-state index contributed by atoms with van der Waals surface area (Å²) in [6.45, 7) is 4.74. The molecule has 0 unspecified atom stereocenters. The largest absolute Gasteiger partial charge is 0.310 e. The molecule has 0 amide bonds. The summed E-state index contributed by atoms with van der Waals surface area (Å²) in [5, 5.41) is 0. The van der Waals surface area contributed by atoms with Crippen LogP contribution in [0, 0.1) is 0 Å². The Labute approximate surface area is 602 Å². The number of nitrogens with zero attached hydrogens (tertiary/aromatic N) is 2. The van der Waals surface area contributed by atoms with E-state index in [4.69, 9.17) is 0 Å². The standard InChI is InChI=1S/C101H68N2/c1-99(2)87-39-13-6-36-82(87)85-63-76(56-58-88(85)99)102(77-57-59-95-86(64-77)83-37-11-18-44-93(83)100(95)89-40-14-7-32-78(89)79-33-8-15-41-90(79)100)75-31-22-30-72(62-75)71-29-21-28-70(61-71)69-27-20-26-68(60-69)67-50-54-74(55-51-67)103(73-52-48-66(49-53-73)65-24-4-3-5-25-65)97-47-23-46-96-98(97)84-38-12-19-45-94(84)101(96)91-42-16-9-34-80(91)81-35-10-17-43-92(81)101/h3-64H,1-2H3. The Morgan fingerprint density at radius 3 is 0.971 bits per heavy atom. The predicted molar refractivity (Wildman–Crippen MR) is 428 cm³/mol. The Bertz CT molecular complexity index is 6080. The zero-order valence-electron chi connectivity index (χ0n) is 57.2. The van der Waals surface area contributed by atoms with Gasteiger partial charge in [0.1, 0.15) is 0 Å². The summed E-state index contributed by atoms with van der Waals surface area (Å²) < 4.78 is 0. The van der Waals surface area contributed by atoms with Gasteiger partial charge >= 0.3 is 0 Å². The molecule has 5 aliphatic rings. The lowest BCUT2D eigenvalue weighted by Crippen LogP contribution is -2.26. The van der Waals surface area contributed by atoms with E-state index in [1.54, 1.807) is 0 Å². The summed E-state index contributed by atoms with van der Waals surface area (Å²) in [6, 6.07) is 141. The molecule has 0 heterocycles. The number of hydrogen-bond donors (Lipinski definition) is 0. The van der Waals surface area contributed by atoms with Crippen molar-refractivity contribution in [2.45, 2.75) is 30.1 Å². The zero-order valence-corrected chi connectivity index (χ0v) is 57.2. The Kier molecular flexibility index (Phi) is 12.9. The normalized spacial score (nSPS) is 14.0. The lowest BCUT2D eigenvalue weighted by Gasteiger charge is -2.32. The monoisotopic (exact) mass is 1310 g/mol. The third-order valence-corrected chi connectivity index (χ3v) is 23.5. The van der Waals surface area contributed by atoms with Crippen molar-refractivity contribution in [2.75, 3.05) is 9.80 Å². The lowest BCUT2D eigenvalue weighted by atomic mass is 9.70. The van der Waals surface area contributed by atoms with Crippen LogP contribution in [0.3, 0.4) is 0 Å². The second kappa shape index (κ2) is 22.6. The van der Waals surface area contributed by atoms with Gasteiger partial charge in [-0.3, -0.25) is 0 Å². The smallest absolute Gasteiger partial charge is 0.0726 e. The van der Waals surface area contributed by atoms with Crippen molar-refractivity contribution in [3.8, 4) is 100 Å².